The zero-order chi connectivity index (χ0) is 18.6. The second kappa shape index (κ2) is 7.88. The van der Waals surface area contributed by atoms with Gasteiger partial charge < -0.3 is 9.80 Å². The SMILES string of the molecule is CCN1CCN(C(=O)c2cccc(NS(=O)(=O)c3ccccc3)c2)CC1. The molecule has 2 aromatic rings. The Morgan fingerprint density at radius 3 is 2.35 bits per heavy atom. The lowest BCUT2D eigenvalue weighted by atomic mass is 10.1. The Kier molecular flexibility index (Phi) is 5.58. The molecule has 6 nitrogen and oxygen atoms in total. The Hall–Kier alpha value is -2.38. The van der Waals surface area contributed by atoms with Crippen molar-refractivity contribution in [1.29, 1.82) is 0 Å². The Morgan fingerprint density at radius 2 is 1.69 bits per heavy atom. The van der Waals surface area contributed by atoms with Crippen LogP contribution in [0.15, 0.2) is 59.5 Å². The van der Waals surface area contributed by atoms with Crippen LogP contribution in [0.5, 0.6) is 0 Å². The maximum absolute atomic E-state index is 12.7. The number of rotatable bonds is 5. The highest BCUT2D eigenvalue weighted by atomic mass is 32.2. The second-order valence-electron chi connectivity index (χ2n) is 6.23. The molecule has 1 amide bonds. The molecule has 0 unspecified atom stereocenters. The zero-order valence-electron chi connectivity index (χ0n) is 14.8. The number of hydrogen-bond donors (Lipinski definition) is 1. The number of hydrogen-bond acceptors (Lipinski definition) is 4. The van der Waals surface area contributed by atoms with Gasteiger partial charge in [-0.05, 0) is 36.9 Å². The van der Waals surface area contributed by atoms with Crippen LogP contribution >= 0.6 is 0 Å². The van der Waals surface area contributed by atoms with Gasteiger partial charge in [-0.3, -0.25) is 9.52 Å². The molecule has 0 saturated carbocycles. The first-order chi connectivity index (χ1) is 12.5. The average molecular weight is 373 g/mol. The van der Waals surface area contributed by atoms with Gasteiger partial charge in [-0.15, -0.1) is 0 Å². The van der Waals surface area contributed by atoms with Gasteiger partial charge in [-0.1, -0.05) is 31.2 Å². The third-order valence-corrected chi connectivity index (χ3v) is 5.92. The Morgan fingerprint density at radius 1 is 1.00 bits per heavy atom. The van der Waals surface area contributed by atoms with Crippen molar-refractivity contribution in [2.75, 3.05) is 37.4 Å². The number of carbonyl (C=O) groups is 1. The van der Waals surface area contributed by atoms with Crippen LogP contribution in [0.2, 0.25) is 0 Å². The number of piperazine rings is 1. The summed E-state index contributed by atoms with van der Waals surface area (Å²) in [6.07, 6.45) is 0. The van der Waals surface area contributed by atoms with Crippen molar-refractivity contribution < 1.29 is 13.2 Å². The second-order valence-corrected chi connectivity index (χ2v) is 7.91. The number of carbonyl (C=O) groups excluding carboxylic acids is 1. The molecule has 0 atom stereocenters. The third-order valence-electron chi connectivity index (χ3n) is 4.52. The van der Waals surface area contributed by atoms with Crippen LogP contribution in [-0.2, 0) is 10.0 Å². The van der Waals surface area contributed by atoms with Gasteiger partial charge in [0.2, 0.25) is 0 Å². The Balaban J connectivity index is 1.73. The molecule has 7 heteroatoms. The van der Waals surface area contributed by atoms with Crippen molar-refractivity contribution in [3.05, 3.63) is 60.2 Å². The third kappa shape index (κ3) is 4.23. The van der Waals surface area contributed by atoms with E-state index in [1.807, 2.05) is 4.90 Å². The summed E-state index contributed by atoms with van der Waals surface area (Å²) in [5.74, 6) is -0.0680. The zero-order valence-corrected chi connectivity index (χ0v) is 15.6. The number of nitrogens with zero attached hydrogens (tertiary/aromatic N) is 2. The minimum atomic E-state index is -3.67. The molecule has 2 aromatic carbocycles. The van der Waals surface area contributed by atoms with Gasteiger partial charge in [0.15, 0.2) is 0 Å². The van der Waals surface area contributed by atoms with E-state index in [9.17, 15) is 13.2 Å². The summed E-state index contributed by atoms with van der Waals surface area (Å²) in [6.45, 7) is 6.20. The highest BCUT2D eigenvalue weighted by Crippen LogP contribution is 2.18. The summed E-state index contributed by atoms with van der Waals surface area (Å²) in [5.41, 5.74) is 0.870. The fraction of sp³-hybridized carbons (Fsp3) is 0.316. The predicted octanol–water partition coefficient (Wildman–Crippen LogP) is 2.27. The number of anilines is 1. The van der Waals surface area contributed by atoms with Gasteiger partial charge >= 0.3 is 0 Å². The number of likely N-dealkylation sites (N-methyl/N-ethyl adjacent to an activating group) is 1. The summed E-state index contributed by atoms with van der Waals surface area (Å²) in [6, 6.07) is 14.8. The lowest BCUT2D eigenvalue weighted by Gasteiger charge is -2.34. The van der Waals surface area contributed by atoms with Gasteiger partial charge in [0.25, 0.3) is 15.9 Å². The van der Waals surface area contributed by atoms with E-state index in [2.05, 4.69) is 16.5 Å². The molecule has 1 heterocycles. The van der Waals surface area contributed by atoms with E-state index in [0.717, 1.165) is 19.6 Å². The molecule has 0 aliphatic carbocycles. The van der Waals surface area contributed by atoms with Crippen molar-refractivity contribution in [3.63, 3.8) is 0 Å². The first-order valence-corrected chi connectivity index (χ1v) is 10.2. The maximum atomic E-state index is 12.7. The minimum absolute atomic E-state index is 0.0680. The number of sulfonamides is 1. The van der Waals surface area contributed by atoms with Crippen molar-refractivity contribution >= 4 is 21.6 Å². The van der Waals surface area contributed by atoms with E-state index >= 15 is 0 Å². The van der Waals surface area contributed by atoms with Gasteiger partial charge in [0.1, 0.15) is 0 Å². The summed E-state index contributed by atoms with van der Waals surface area (Å²) in [4.78, 5) is 17.0. The molecular weight excluding hydrogens is 350 g/mol. The number of nitrogens with one attached hydrogen (secondary N) is 1. The van der Waals surface area contributed by atoms with E-state index in [-0.39, 0.29) is 10.8 Å². The molecule has 1 saturated heterocycles. The molecule has 0 aromatic heterocycles. The molecule has 1 N–H and O–H groups in total. The summed E-state index contributed by atoms with van der Waals surface area (Å²) in [7, 11) is -3.67. The first-order valence-electron chi connectivity index (χ1n) is 8.69. The number of benzene rings is 2. The molecule has 1 aliphatic heterocycles. The molecule has 0 radical (unpaired) electrons. The first kappa shape index (κ1) is 18.4. The van der Waals surface area contributed by atoms with E-state index < -0.39 is 10.0 Å². The highest BCUT2D eigenvalue weighted by molar-refractivity contribution is 7.92. The largest absolute Gasteiger partial charge is 0.336 e. The normalized spacial score (nSPS) is 15.7. The van der Waals surface area contributed by atoms with E-state index in [1.165, 1.54) is 12.1 Å². The Bertz CT molecular complexity index is 861. The van der Waals surface area contributed by atoms with E-state index in [4.69, 9.17) is 0 Å². The van der Waals surface area contributed by atoms with Crippen LogP contribution in [0.4, 0.5) is 5.69 Å². The summed E-state index contributed by atoms with van der Waals surface area (Å²) in [5, 5.41) is 0. The molecule has 26 heavy (non-hydrogen) atoms. The fourth-order valence-electron chi connectivity index (χ4n) is 2.98. The van der Waals surface area contributed by atoms with Crippen LogP contribution in [0.25, 0.3) is 0 Å². The van der Waals surface area contributed by atoms with Crippen molar-refractivity contribution in [2.24, 2.45) is 0 Å². The van der Waals surface area contributed by atoms with Crippen molar-refractivity contribution in [2.45, 2.75) is 11.8 Å². The highest BCUT2D eigenvalue weighted by Gasteiger charge is 2.22. The maximum Gasteiger partial charge on any atom is 0.261 e. The van der Waals surface area contributed by atoms with Crippen molar-refractivity contribution in [1.82, 2.24) is 9.80 Å². The van der Waals surface area contributed by atoms with Gasteiger partial charge in [-0.2, -0.15) is 0 Å². The van der Waals surface area contributed by atoms with Gasteiger partial charge in [0, 0.05) is 37.4 Å². The predicted molar refractivity (Wildman–Crippen MR) is 102 cm³/mol. The fourth-order valence-corrected chi connectivity index (χ4v) is 4.05. The standard InChI is InChI=1S/C19H23N3O3S/c1-2-21-11-13-22(14-12-21)19(23)16-7-6-8-17(15-16)20-26(24,25)18-9-4-3-5-10-18/h3-10,15,20H,2,11-14H2,1H3. The molecule has 0 spiro atoms. The van der Waals surface area contributed by atoms with Gasteiger partial charge in [-0.25, -0.2) is 8.42 Å². The molecule has 138 valence electrons. The van der Waals surface area contributed by atoms with Crippen LogP contribution in [0.3, 0.4) is 0 Å². The lowest BCUT2D eigenvalue weighted by molar-refractivity contribution is 0.0643. The van der Waals surface area contributed by atoms with Crippen LogP contribution in [-0.4, -0.2) is 56.8 Å². The topological polar surface area (TPSA) is 69.7 Å². The molecule has 1 fully saturated rings. The quantitative estimate of drug-likeness (QED) is 0.873. The molecule has 1 aliphatic rings. The van der Waals surface area contributed by atoms with Gasteiger partial charge in [0.05, 0.1) is 4.90 Å². The van der Waals surface area contributed by atoms with E-state index in [0.29, 0.717) is 24.3 Å². The Labute approximate surface area is 154 Å². The van der Waals surface area contributed by atoms with Crippen molar-refractivity contribution in [3.8, 4) is 0 Å². The summed E-state index contributed by atoms with van der Waals surface area (Å²) < 4.78 is 27.4. The van der Waals surface area contributed by atoms with E-state index in [1.54, 1.807) is 42.5 Å². The monoisotopic (exact) mass is 373 g/mol. The smallest absolute Gasteiger partial charge is 0.261 e. The summed E-state index contributed by atoms with van der Waals surface area (Å²) >= 11 is 0. The van der Waals surface area contributed by atoms with Crippen LogP contribution in [0.1, 0.15) is 17.3 Å². The molecule has 0 bridgehead atoms. The average Bonchev–Trinajstić information content (AvgIpc) is 2.68. The molecule has 3 rings (SSSR count). The number of amides is 1. The van der Waals surface area contributed by atoms with Crippen LogP contribution < -0.4 is 4.72 Å². The minimum Gasteiger partial charge on any atom is -0.336 e. The van der Waals surface area contributed by atoms with Crippen LogP contribution in [0, 0.1) is 0 Å². The lowest BCUT2D eigenvalue weighted by Crippen LogP contribution is -2.48. The molecular formula is C19H23N3O3S.